The first-order valence-corrected chi connectivity index (χ1v) is 7.18. The van der Waals surface area contributed by atoms with Crippen molar-refractivity contribution in [2.45, 2.75) is 12.0 Å². The lowest BCUT2D eigenvalue weighted by molar-refractivity contribution is 0.147. The highest BCUT2D eigenvalue weighted by atomic mass is 79.9. The van der Waals surface area contributed by atoms with Crippen LogP contribution in [0.25, 0.3) is 0 Å². The monoisotopic (exact) mass is 339 g/mol. The number of aliphatic hydroxyl groups is 1. The molecule has 0 aliphatic heterocycles. The van der Waals surface area contributed by atoms with E-state index in [0.717, 1.165) is 15.6 Å². The van der Waals surface area contributed by atoms with Gasteiger partial charge in [-0.15, -0.1) is 0 Å². The molecule has 0 aliphatic carbocycles. The fourth-order valence-corrected chi connectivity index (χ4v) is 2.54. The predicted molar refractivity (Wildman–Crippen MR) is 82.3 cm³/mol. The Morgan fingerprint density at radius 2 is 1.79 bits per heavy atom. The summed E-state index contributed by atoms with van der Waals surface area (Å²) in [6, 6.07) is 15.1. The van der Waals surface area contributed by atoms with E-state index in [2.05, 4.69) is 15.9 Å². The number of rotatable bonds is 4. The summed E-state index contributed by atoms with van der Waals surface area (Å²) in [5.74, 6) is -0.147. The van der Waals surface area contributed by atoms with Gasteiger partial charge in [-0.2, -0.15) is 0 Å². The third-order valence-electron chi connectivity index (χ3n) is 3.12. The largest absolute Gasteiger partial charge is 0.388 e. The molecule has 0 fully saturated rings. The van der Waals surface area contributed by atoms with Crippen molar-refractivity contribution in [2.75, 3.05) is 6.54 Å². The lowest BCUT2D eigenvalue weighted by Crippen LogP contribution is -2.20. The summed E-state index contributed by atoms with van der Waals surface area (Å²) in [7, 11) is 0. The summed E-state index contributed by atoms with van der Waals surface area (Å²) >= 11 is 9.35. The van der Waals surface area contributed by atoms with Gasteiger partial charge in [-0.3, -0.25) is 0 Å². The maximum Gasteiger partial charge on any atom is 0.0871 e. The van der Waals surface area contributed by atoms with Crippen LogP contribution in [0.15, 0.2) is 53.0 Å². The van der Waals surface area contributed by atoms with Crippen LogP contribution in [-0.2, 0) is 0 Å². The number of hydrogen-bond acceptors (Lipinski definition) is 2. The highest BCUT2D eigenvalue weighted by molar-refractivity contribution is 9.10. The van der Waals surface area contributed by atoms with Gasteiger partial charge < -0.3 is 10.8 Å². The molecule has 19 heavy (non-hydrogen) atoms. The fourth-order valence-electron chi connectivity index (χ4n) is 2.08. The van der Waals surface area contributed by atoms with Crippen molar-refractivity contribution < 1.29 is 5.11 Å². The number of hydrogen-bond donors (Lipinski definition) is 2. The van der Waals surface area contributed by atoms with E-state index in [1.807, 2.05) is 36.4 Å². The summed E-state index contributed by atoms with van der Waals surface area (Å²) in [6.07, 6.45) is -0.662. The van der Waals surface area contributed by atoms with Crippen molar-refractivity contribution in [2.24, 2.45) is 5.73 Å². The molecule has 0 bridgehead atoms. The van der Waals surface area contributed by atoms with E-state index in [9.17, 15) is 5.11 Å². The second kappa shape index (κ2) is 6.53. The van der Waals surface area contributed by atoms with Crippen LogP contribution in [0.1, 0.15) is 23.1 Å². The Morgan fingerprint density at radius 3 is 2.37 bits per heavy atom. The molecule has 0 saturated heterocycles. The SMILES string of the molecule is NCC(c1ccc(Br)cc1)C(O)c1cccc(Cl)c1. The van der Waals surface area contributed by atoms with Crippen molar-refractivity contribution >= 4 is 27.5 Å². The molecule has 2 nitrogen and oxygen atoms in total. The van der Waals surface area contributed by atoms with Crippen molar-refractivity contribution in [3.05, 3.63) is 69.2 Å². The maximum absolute atomic E-state index is 10.5. The summed E-state index contributed by atoms with van der Waals surface area (Å²) in [6.45, 7) is 0.370. The first-order chi connectivity index (χ1) is 9.11. The molecule has 0 heterocycles. The van der Waals surface area contributed by atoms with E-state index < -0.39 is 6.10 Å². The molecule has 2 aromatic carbocycles. The quantitative estimate of drug-likeness (QED) is 0.887. The van der Waals surface area contributed by atoms with Crippen LogP contribution in [0.2, 0.25) is 5.02 Å². The minimum atomic E-state index is -0.662. The zero-order valence-corrected chi connectivity index (χ0v) is 12.6. The van der Waals surface area contributed by atoms with Gasteiger partial charge in [-0.1, -0.05) is 51.8 Å². The third-order valence-corrected chi connectivity index (χ3v) is 3.89. The lowest BCUT2D eigenvalue weighted by Gasteiger charge is -2.22. The van der Waals surface area contributed by atoms with Crippen molar-refractivity contribution in [1.29, 1.82) is 0 Å². The van der Waals surface area contributed by atoms with Crippen LogP contribution in [0.4, 0.5) is 0 Å². The van der Waals surface area contributed by atoms with Gasteiger partial charge in [0.05, 0.1) is 6.10 Å². The number of aliphatic hydroxyl groups excluding tert-OH is 1. The van der Waals surface area contributed by atoms with Crippen molar-refractivity contribution in [3.8, 4) is 0 Å². The Hall–Kier alpha value is -0.870. The van der Waals surface area contributed by atoms with Crippen LogP contribution in [0, 0.1) is 0 Å². The first-order valence-electron chi connectivity index (χ1n) is 6.01. The molecular weight excluding hydrogens is 326 g/mol. The topological polar surface area (TPSA) is 46.2 Å². The molecule has 2 atom stereocenters. The molecule has 4 heteroatoms. The second-order valence-corrected chi connectivity index (χ2v) is 5.75. The summed E-state index contributed by atoms with van der Waals surface area (Å²) in [5.41, 5.74) is 7.61. The highest BCUT2D eigenvalue weighted by Crippen LogP contribution is 2.31. The van der Waals surface area contributed by atoms with Crippen LogP contribution in [0.5, 0.6) is 0 Å². The lowest BCUT2D eigenvalue weighted by atomic mass is 9.89. The number of nitrogens with two attached hydrogens (primary N) is 1. The van der Waals surface area contributed by atoms with Gasteiger partial charge in [0, 0.05) is 22.0 Å². The summed E-state index contributed by atoms with van der Waals surface area (Å²) < 4.78 is 1.00. The van der Waals surface area contributed by atoms with E-state index in [0.29, 0.717) is 11.6 Å². The van der Waals surface area contributed by atoms with E-state index in [1.54, 1.807) is 12.1 Å². The zero-order chi connectivity index (χ0) is 13.8. The molecule has 0 aromatic heterocycles. The second-order valence-electron chi connectivity index (χ2n) is 4.39. The van der Waals surface area contributed by atoms with Crippen molar-refractivity contribution in [1.82, 2.24) is 0 Å². The number of halogens is 2. The Kier molecular flexibility index (Phi) is 4.99. The van der Waals surface area contributed by atoms with Gasteiger partial charge in [0.15, 0.2) is 0 Å². The molecule has 0 spiro atoms. The molecule has 0 amide bonds. The van der Waals surface area contributed by atoms with Gasteiger partial charge in [0.25, 0.3) is 0 Å². The molecule has 3 N–H and O–H groups in total. The van der Waals surface area contributed by atoms with Gasteiger partial charge in [0.2, 0.25) is 0 Å². The third kappa shape index (κ3) is 3.57. The standard InChI is InChI=1S/C15H15BrClNO/c16-12-6-4-10(5-7-12)14(9-18)15(19)11-2-1-3-13(17)8-11/h1-8,14-15,19H,9,18H2. The van der Waals surface area contributed by atoms with E-state index in [1.165, 1.54) is 0 Å². The van der Waals surface area contributed by atoms with E-state index in [-0.39, 0.29) is 5.92 Å². The van der Waals surface area contributed by atoms with Gasteiger partial charge >= 0.3 is 0 Å². The Labute approximate surface area is 126 Å². The fraction of sp³-hybridized carbons (Fsp3) is 0.200. The highest BCUT2D eigenvalue weighted by Gasteiger charge is 2.21. The Bertz CT molecular complexity index is 544. The van der Waals surface area contributed by atoms with E-state index in [4.69, 9.17) is 17.3 Å². The molecule has 2 aromatic rings. The van der Waals surface area contributed by atoms with Crippen LogP contribution < -0.4 is 5.73 Å². The van der Waals surface area contributed by atoms with Crippen LogP contribution >= 0.6 is 27.5 Å². The minimum absolute atomic E-state index is 0.147. The van der Waals surface area contributed by atoms with Gasteiger partial charge in [0.1, 0.15) is 0 Å². The molecule has 0 saturated carbocycles. The molecule has 0 aliphatic rings. The smallest absolute Gasteiger partial charge is 0.0871 e. The molecule has 2 unspecified atom stereocenters. The number of benzene rings is 2. The summed E-state index contributed by atoms with van der Waals surface area (Å²) in [4.78, 5) is 0. The van der Waals surface area contributed by atoms with E-state index >= 15 is 0 Å². The molecular formula is C15H15BrClNO. The van der Waals surface area contributed by atoms with Crippen LogP contribution in [-0.4, -0.2) is 11.7 Å². The average Bonchev–Trinajstić information content (AvgIpc) is 2.41. The zero-order valence-electron chi connectivity index (χ0n) is 10.3. The Morgan fingerprint density at radius 1 is 1.11 bits per heavy atom. The summed E-state index contributed by atoms with van der Waals surface area (Å²) in [5, 5.41) is 11.1. The maximum atomic E-state index is 10.5. The van der Waals surface area contributed by atoms with Crippen molar-refractivity contribution in [3.63, 3.8) is 0 Å². The Balaban J connectivity index is 2.28. The molecule has 2 rings (SSSR count). The van der Waals surface area contributed by atoms with Crippen LogP contribution in [0.3, 0.4) is 0 Å². The normalized spacial score (nSPS) is 14.1. The minimum Gasteiger partial charge on any atom is -0.388 e. The van der Waals surface area contributed by atoms with Gasteiger partial charge in [-0.05, 0) is 35.4 Å². The molecule has 100 valence electrons. The average molecular weight is 341 g/mol. The van der Waals surface area contributed by atoms with Gasteiger partial charge in [-0.25, -0.2) is 0 Å². The molecule has 0 radical (unpaired) electrons. The first kappa shape index (κ1) is 14.5. The predicted octanol–water partition coefficient (Wildman–Crippen LogP) is 3.88.